The molecular formula is C18H24N4O2. The van der Waals surface area contributed by atoms with Crippen molar-refractivity contribution in [2.75, 3.05) is 19.7 Å². The van der Waals surface area contributed by atoms with Crippen LogP contribution in [0, 0.1) is 0 Å². The van der Waals surface area contributed by atoms with Crippen LogP contribution >= 0.6 is 0 Å². The number of hydrogen-bond acceptors (Lipinski definition) is 5. The molecule has 2 atom stereocenters. The predicted octanol–water partition coefficient (Wildman–Crippen LogP) is 2.02. The molecule has 2 aliphatic rings. The minimum Gasteiger partial charge on any atom is -0.486 e. The molecule has 4 heterocycles. The maximum atomic E-state index is 6.23. The summed E-state index contributed by atoms with van der Waals surface area (Å²) in [5, 5.41) is 4.26. The van der Waals surface area contributed by atoms with Crippen molar-refractivity contribution >= 4 is 0 Å². The van der Waals surface area contributed by atoms with Crippen LogP contribution in [0.5, 0.6) is 5.75 Å². The molecule has 0 bridgehead atoms. The summed E-state index contributed by atoms with van der Waals surface area (Å²) in [4.78, 5) is 6.59. The fourth-order valence-electron chi connectivity index (χ4n) is 3.91. The topological polar surface area (TPSA) is 52.4 Å². The molecule has 2 aromatic heterocycles. The molecule has 2 saturated heterocycles. The number of pyridine rings is 1. The van der Waals surface area contributed by atoms with E-state index in [0.29, 0.717) is 6.61 Å². The van der Waals surface area contributed by atoms with E-state index in [-0.39, 0.29) is 11.7 Å². The van der Waals surface area contributed by atoms with Gasteiger partial charge in [-0.05, 0) is 31.5 Å². The minimum absolute atomic E-state index is 0.0622. The molecule has 2 aromatic rings. The van der Waals surface area contributed by atoms with Gasteiger partial charge >= 0.3 is 0 Å². The van der Waals surface area contributed by atoms with E-state index in [1.54, 1.807) is 12.4 Å². The Morgan fingerprint density at radius 1 is 1.42 bits per heavy atom. The van der Waals surface area contributed by atoms with Gasteiger partial charge in [-0.25, -0.2) is 0 Å². The Hall–Kier alpha value is -1.92. The van der Waals surface area contributed by atoms with E-state index in [4.69, 9.17) is 9.47 Å². The normalized spacial score (nSPS) is 27.6. The Labute approximate surface area is 142 Å². The summed E-state index contributed by atoms with van der Waals surface area (Å²) >= 11 is 0. The van der Waals surface area contributed by atoms with Gasteiger partial charge in [-0.15, -0.1) is 0 Å². The molecular weight excluding hydrogens is 304 g/mol. The van der Waals surface area contributed by atoms with Crippen molar-refractivity contribution in [1.82, 2.24) is 19.7 Å². The molecule has 128 valence electrons. The van der Waals surface area contributed by atoms with Gasteiger partial charge in [0.15, 0.2) is 0 Å². The third kappa shape index (κ3) is 3.44. The molecule has 0 saturated carbocycles. The third-order valence-electron chi connectivity index (χ3n) is 4.90. The number of piperidine rings is 1. The molecule has 24 heavy (non-hydrogen) atoms. The second-order valence-corrected chi connectivity index (χ2v) is 6.96. The van der Waals surface area contributed by atoms with Crippen molar-refractivity contribution in [2.45, 2.75) is 37.5 Å². The highest BCUT2D eigenvalue weighted by molar-refractivity contribution is 5.16. The van der Waals surface area contributed by atoms with Gasteiger partial charge in [0.25, 0.3) is 0 Å². The summed E-state index contributed by atoms with van der Waals surface area (Å²) in [5.41, 5.74) is 1.20. The molecule has 6 nitrogen and oxygen atoms in total. The summed E-state index contributed by atoms with van der Waals surface area (Å²) in [6.45, 7) is 3.69. The van der Waals surface area contributed by atoms with E-state index in [1.807, 2.05) is 30.1 Å². The number of aromatic nitrogens is 3. The van der Waals surface area contributed by atoms with Crippen molar-refractivity contribution < 1.29 is 9.47 Å². The van der Waals surface area contributed by atoms with Crippen LogP contribution in [0.1, 0.15) is 24.8 Å². The van der Waals surface area contributed by atoms with Gasteiger partial charge < -0.3 is 9.47 Å². The Morgan fingerprint density at radius 2 is 2.38 bits per heavy atom. The Balaban J connectivity index is 1.36. The van der Waals surface area contributed by atoms with Crippen molar-refractivity contribution in [2.24, 2.45) is 7.05 Å². The number of ether oxygens (including phenoxy) is 2. The lowest BCUT2D eigenvalue weighted by Gasteiger charge is -2.39. The predicted molar refractivity (Wildman–Crippen MR) is 89.7 cm³/mol. The fourth-order valence-corrected chi connectivity index (χ4v) is 3.91. The van der Waals surface area contributed by atoms with Crippen LogP contribution in [-0.2, 0) is 18.3 Å². The van der Waals surface area contributed by atoms with Crippen LogP contribution in [0.15, 0.2) is 36.9 Å². The number of rotatable bonds is 4. The molecule has 4 rings (SSSR count). The van der Waals surface area contributed by atoms with Crippen LogP contribution < -0.4 is 4.74 Å². The molecule has 0 radical (unpaired) electrons. The summed E-state index contributed by atoms with van der Waals surface area (Å²) in [5.74, 6) is 0.825. The summed E-state index contributed by atoms with van der Waals surface area (Å²) < 4.78 is 14.1. The zero-order valence-corrected chi connectivity index (χ0v) is 14.1. The maximum Gasteiger partial charge on any atom is 0.138 e. The summed E-state index contributed by atoms with van der Waals surface area (Å²) in [7, 11) is 1.96. The van der Waals surface area contributed by atoms with Crippen molar-refractivity contribution in [3.8, 4) is 5.75 Å². The monoisotopic (exact) mass is 328 g/mol. The SMILES string of the molecule is Cn1cc(CN2CCC[C@]3(C[C@@H](Oc4cccnc4)CO3)C2)cn1. The molecule has 1 spiro atoms. The van der Waals surface area contributed by atoms with Gasteiger partial charge in [-0.1, -0.05) is 0 Å². The number of hydrogen-bond donors (Lipinski definition) is 0. The second kappa shape index (κ2) is 6.53. The lowest BCUT2D eigenvalue weighted by atomic mass is 9.89. The largest absolute Gasteiger partial charge is 0.486 e. The quantitative estimate of drug-likeness (QED) is 0.859. The van der Waals surface area contributed by atoms with Gasteiger partial charge in [-0.2, -0.15) is 5.10 Å². The minimum atomic E-state index is -0.0622. The molecule has 0 unspecified atom stereocenters. The van der Waals surface area contributed by atoms with Gasteiger partial charge in [0, 0.05) is 44.5 Å². The lowest BCUT2D eigenvalue weighted by molar-refractivity contribution is -0.0538. The first kappa shape index (κ1) is 15.6. The molecule has 0 aromatic carbocycles. The van der Waals surface area contributed by atoms with Crippen molar-refractivity contribution in [3.63, 3.8) is 0 Å². The Bertz CT molecular complexity index is 675. The highest BCUT2D eigenvalue weighted by atomic mass is 16.6. The van der Waals surface area contributed by atoms with E-state index >= 15 is 0 Å². The lowest BCUT2D eigenvalue weighted by Crippen LogP contribution is -2.47. The maximum absolute atomic E-state index is 6.23. The fraction of sp³-hybridized carbons (Fsp3) is 0.556. The zero-order chi connectivity index (χ0) is 16.4. The first-order valence-electron chi connectivity index (χ1n) is 8.61. The molecule has 0 N–H and O–H groups in total. The standard InChI is InChI=1S/C18H24N4O2/c1-21-11-15(9-20-21)12-22-7-3-5-18(14-22)8-17(13-23-18)24-16-4-2-6-19-10-16/h2,4,6,9-11,17H,3,5,7-8,12-14H2,1H3/t17-,18+/m1/s1. The van der Waals surface area contributed by atoms with E-state index in [2.05, 4.69) is 21.2 Å². The highest BCUT2D eigenvalue weighted by Crippen LogP contribution is 2.36. The Morgan fingerprint density at radius 3 is 3.17 bits per heavy atom. The average molecular weight is 328 g/mol. The second-order valence-electron chi connectivity index (χ2n) is 6.96. The van der Waals surface area contributed by atoms with E-state index in [9.17, 15) is 0 Å². The number of likely N-dealkylation sites (tertiary alicyclic amines) is 1. The molecule has 2 aliphatic heterocycles. The van der Waals surface area contributed by atoms with Gasteiger partial charge in [0.05, 0.1) is 24.6 Å². The number of nitrogens with zero attached hydrogens (tertiary/aromatic N) is 4. The van der Waals surface area contributed by atoms with Gasteiger partial charge in [0.2, 0.25) is 0 Å². The first-order chi connectivity index (χ1) is 11.7. The van der Waals surface area contributed by atoms with Crippen LogP contribution in [0.25, 0.3) is 0 Å². The van der Waals surface area contributed by atoms with Crippen LogP contribution in [0.4, 0.5) is 0 Å². The first-order valence-corrected chi connectivity index (χ1v) is 8.61. The molecule has 6 heteroatoms. The van der Waals surface area contributed by atoms with E-state index in [1.165, 1.54) is 12.0 Å². The van der Waals surface area contributed by atoms with Crippen molar-refractivity contribution in [3.05, 3.63) is 42.5 Å². The van der Waals surface area contributed by atoms with Crippen LogP contribution in [0.3, 0.4) is 0 Å². The third-order valence-corrected chi connectivity index (χ3v) is 4.90. The number of aryl methyl sites for hydroxylation is 1. The van der Waals surface area contributed by atoms with E-state index in [0.717, 1.165) is 38.2 Å². The molecule has 0 aliphatic carbocycles. The van der Waals surface area contributed by atoms with Gasteiger partial charge in [-0.3, -0.25) is 14.6 Å². The van der Waals surface area contributed by atoms with Gasteiger partial charge in [0.1, 0.15) is 11.9 Å². The average Bonchev–Trinajstić information content (AvgIpc) is 3.15. The van der Waals surface area contributed by atoms with E-state index < -0.39 is 0 Å². The van der Waals surface area contributed by atoms with Crippen LogP contribution in [0.2, 0.25) is 0 Å². The molecule has 0 amide bonds. The highest BCUT2D eigenvalue weighted by Gasteiger charge is 2.44. The summed E-state index contributed by atoms with van der Waals surface area (Å²) in [6.07, 6.45) is 10.9. The van der Waals surface area contributed by atoms with Crippen LogP contribution in [-0.4, -0.2) is 51.1 Å². The van der Waals surface area contributed by atoms with Crippen molar-refractivity contribution in [1.29, 1.82) is 0 Å². The zero-order valence-electron chi connectivity index (χ0n) is 14.1. The summed E-state index contributed by atoms with van der Waals surface area (Å²) in [6, 6.07) is 3.85. The Kier molecular flexibility index (Phi) is 4.24. The smallest absolute Gasteiger partial charge is 0.138 e. The molecule has 2 fully saturated rings.